The van der Waals surface area contributed by atoms with Crippen molar-refractivity contribution >= 4 is 5.78 Å². The molecule has 0 saturated heterocycles. The molecule has 2 atom stereocenters. The number of allylic oxidation sites excluding steroid dienone is 2. The van der Waals surface area contributed by atoms with Gasteiger partial charge in [-0.2, -0.15) is 0 Å². The lowest BCUT2D eigenvalue weighted by Crippen LogP contribution is -2.23. The Morgan fingerprint density at radius 1 is 1.16 bits per heavy atom. The fourth-order valence-electron chi connectivity index (χ4n) is 3.85. The highest BCUT2D eigenvalue weighted by Crippen LogP contribution is 2.45. The van der Waals surface area contributed by atoms with Gasteiger partial charge >= 0.3 is 0 Å². The molecule has 1 aromatic rings. The van der Waals surface area contributed by atoms with Crippen LogP contribution in [0.1, 0.15) is 69.9 Å². The summed E-state index contributed by atoms with van der Waals surface area (Å²) in [5, 5.41) is 0. The molecule has 0 radical (unpaired) electrons. The van der Waals surface area contributed by atoms with Crippen LogP contribution in [0.15, 0.2) is 23.8 Å². The number of rotatable bonds is 8. The molecule has 0 unspecified atom stereocenters. The third kappa shape index (κ3) is 4.65. The summed E-state index contributed by atoms with van der Waals surface area (Å²) in [7, 11) is 3.41. The van der Waals surface area contributed by atoms with Crippen molar-refractivity contribution in [2.45, 2.75) is 65.2 Å². The molecule has 0 heterocycles. The van der Waals surface area contributed by atoms with E-state index in [2.05, 4.69) is 32.1 Å². The van der Waals surface area contributed by atoms with Crippen molar-refractivity contribution in [3.8, 4) is 11.5 Å². The second-order valence-corrected chi connectivity index (χ2v) is 7.17. The van der Waals surface area contributed by atoms with Gasteiger partial charge in [0.05, 0.1) is 14.2 Å². The number of hydrogen-bond acceptors (Lipinski definition) is 3. The normalized spacial score (nSPS) is 20.1. The van der Waals surface area contributed by atoms with Crippen LogP contribution in [0.5, 0.6) is 11.5 Å². The van der Waals surface area contributed by atoms with Gasteiger partial charge < -0.3 is 9.47 Å². The Balaban J connectivity index is 2.47. The monoisotopic (exact) mass is 344 g/mol. The minimum absolute atomic E-state index is 0.00237. The molecule has 0 aromatic heterocycles. The zero-order valence-corrected chi connectivity index (χ0v) is 16.4. The molecule has 1 aliphatic carbocycles. The molecule has 0 spiro atoms. The Hall–Kier alpha value is -1.77. The smallest absolute Gasteiger partial charge is 0.133 e. The van der Waals surface area contributed by atoms with Crippen molar-refractivity contribution in [1.82, 2.24) is 0 Å². The molecule has 0 aliphatic heterocycles. The van der Waals surface area contributed by atoms with Gasteiger partial charge in [-0.3, -0.25) is 4.79 Å². The maximum absolute atomic E-state index is 12.2. The van der Waals surface area contributed by atoms with Crippen LogP contribution < -0.4 is 9.47 Å². The number of carbonyl (C=O) groups is 1. The fourth-order valence-corrected chi connectivity index (χ4v) is 3.85. The van der Waals surface area contributed by atoms with E-state index in [4.69, 9.17) is 9.47 Å². The van der Waals surface area contributed by atoms with Crippen molar-refractivity contribution in [2.24, 2.45) is 5.92 Å². The zero-order chi connectivity index (χ0) is 18.4. The lowest BCUT2D eigenvalue weighted by atomic mass is 9.74. The van der Waals surface area contributed by atoms with Gasteiger partial charge in [-0.1, -0.05) is 31.4 Å². The Labute approximate surface area is 152 Å². The average Bonchev–Trinajstić information content (AvgIpc) is 2.60. The standard InChI is InChI=1S/C22H32O3/c1-6-7-8-9-17-13-20(24-4)22(21(14-17)25-5)19-12-15(2)10-11-18(19)16(3)23/h12-14,18-19H,6-11H2,1-5H3/t18-,19+/m1/s1. The highest BCUT2D eigenvalue weighted by molar-refractivity contribution is 5.80. The molecular weight excluding hydrogens is 312 g/mol. The third-order valence-electron chi connectivity index (χ3n) is 5.28. The van der Waals surface area contributed by atoms with E-state index in [0.29, 0.717) is 0 Å². The van der Waals surface area contributed by atoms with Gasteiger partial charge in [0.2, 0.25) is 0 Å². The zero-order valence-electron chi connectivity index (χ0n) is 16.4. The molecule has 3 heteroatoms. The molecule has 0 saturated carbocycles. The summed E-state index contributed by atoms with van der Waals surface area (Å²) in [6, 6.07) is 4.25. The van der Waals surface area contributed by atoms with E-state index in [1.54, 1.807) is 21.1 Å². The van der Waals surface area contributed by atoms with Crippen LogP contribution in [0.2, 0.25) is 0 Å². The van der Waals surface area contributed by atoms with Crippen molar-refractivity contribution in [2.75, 3.05) is 14.2 Å². The number of unbranched alkanes of at least 4 members (excludes halogenated alkanes) is 2. The van der Waals surface area contributed by atoms with Gasteiger partial charge in [0.15, 0.2) is 0 Å². The van der Waals surface area contributed by atoms with Crippen LogP contribution in [-0.4, -0.2) is 20.0 Å². The highest BCUT2D eigenvalue weighted by atomic mass is 16.5. The summed E-state index contributed by atoms with van der Waals surface area (Å²) in [5.74, 6) is 1.95. The van der Waals surface area contributed by atoms with Crippen LogP contribution in [0.3, 0.4) is 0 Å². The Morgan fingerprint density at radius 3 is 2.32 bits per heavy atom. The van der Waals surface area contributed by atoms with E-state index < -0.39 is 0 Å². The van der Waals surface area contributed by atoms with Gasteiger partial charge in [0, 0.05) is 17.4 Å². The van der Waals surface area contributed by atoms with E-state index in [1.807, 2.05) is 0 Å². The maximum Gasteiger partial charge on any atom is 0.133 e. The first-order valence-corrected chi connectivity index (χ1v) is 9.44. The van der Waals surface area contributed by atoms with Crippen molar-refractivity contribution in [3.63, 3.8) is 0 Å². The minimum Gasteiger partial charge on any atom is -0.496 e. The summed E-state index contributed by atoms with van der Waals surface area (Å²) >= 11 is 0. The molecule has 1 aromatic carbocycles. The molecule has 0 bridgehead atoms. The topological polar surface area (TPSA) is 35.5 Å². The van der Waals surface area contributed by atoms with Gasteiger partial charge in [0.1, 0.15) is 17.3 Å². The van der Waals surface area contributed by atoms with Crippen LogP contribution in [-0.2, 0) is 11.2 Å². The van der Waals surface area contributed by atoms with Crippen LogP contribution in [0.4, 0.5) is 0 Å². The second kappa shape index (κ2) is 9.07. The predicted molar refractivity (Wildman–Crippen MR) is 103 cm³/mol. The first-order valence-electron chi connectivity index (χ1n) is 9.44. The number of ether oxygens (including phenoxy) is 2. The molecule has 3 nitrogen and oxygen atoms in total. The first kappa shape index (κ1) is 19.6. The number of hydrogen-bond donors (Lipinski definition) is 0. The van der Waals surface area contributed by atoms with Gasteiger partial charge in [-0.05, 0) is 57.2 Å². The van der Waals surface area contributed by atoms with E-state index in [9.17, 15) is 4.79 Å². The lowest BCUT2D eigenvalue weighted by Gasteiger charge is -2.30. The van der Waals surface area contributed by atoms with Crippen molar-refractivity contribution in [3.05, 3.63) is 34.9 Å². The molecule has 25 heavy (non-hydrogen) atoms. The maximum atomic E-state index is 12.2. The van der Waals surface area contributed by atoms with E-state index in [0.717, 1.165) is 36.3 Å². The molecule has 1 aliphatic rings. The Morgan fingerprint density at radius 2 is 1.80 bits per heavy atom. The summed E-state index contributed by atoms with van der Waals surface area (Å²) < 4.78 is 11.5. The second-order valence-electron chi connectivity index (χ2n) is 7.17. The molecule has 0 amide bonds. The molecule has 2 rings (SSSR count). The summed E-state index contributed by atoms with van der Waals surface area (Å²) in [5.41, 5.74) is 3.59. The third-order valence-corrected chi connectivity index (χ3v) is 5.28. The lowest BCUT2D eigenvalue weighted by molar-refractivity contribution is -0.121. The number of aryl methyl sites for hydroxylation is 1. The quantitative estimate of drug-likeness (QED) is 0.464. The number of carbonyl (C=O) groups excluding carboxylic acids is 1. The number of benzene rings is 1. The number of Topliss-reactive ketones (excluding diaryl/α,β-unsaturated/α-hetero) is 1. The van der Waals surface area contributed by atoms with Crippen LogP contribution >= 0.6 is 0 Å². The van der Waals surface area contributed by atoms with E-state index in [1.165, 1.54) is 30.4 Å². The fraction of sp³-hybridized carbons (Fsp3) is 0.591. The van der Waals surface area contributed by atoms with Crippen molar-refractivity contribution in [1.29, 1.82) is 0 Å². The van der Waals surface area contributed by atoms with Gasteiger partial charge in [-0.25, -0.2) is 0 Å². The van der Waals surface area contributed by atoms with E-state index >= 15 is 0 Å². The Kier molecular flexibility index (Phi) is 7.10. The largest absolute Gasteiger partial charge is 0.496 e. The number of methoxy groups -OCH3 is 2. The van der Waals surface area contributed by atoms with Crippen LogP contribution in [0.25, 0.3) is 0 Å². The number of ketones is 1. The summed E-state index contributed by atoms with van der Waals surface area (Å²) in [6.45, 7) is 6.05. The minimum atomic E-state index is -0.00237. The highest BCUT2D eigenvalue weighted by Gasteiger charge is 2.33. The summed E-state index contributed by atoms with van der Waals surface area (Å²) in [6.07, 6.45) is 8.74. The SMILES string of the molecule is CCCCCc1cc(OC)c([C@H]2C=C(C)CC[C@@H]2C(C)=O)c(OC)c1. The molecule has 138 valence electrons. The summed E-state index contributed by atoms with van der Waals surface area (Å²) in [4.78, 5) is 12.2. The Bertz CT molecular complexity index is 605. The first-order chi connectivity index (χ1) is 12.0. The van der Waals surface area contributed by atoms with Crippen molar-refractivity contribution < 1.29 is 14.3 Å². The van der Waals surface area contributed by atoms with Gasteiger partial charge in [0.25, 0.3) is 0 Å². The predicted octanol–water partition coefficient (Wildman–Crippen LogP) is 5.47. The molecule has 0 fully saturated rings. The molecular formula is C22H32O3. The average molecular weight is 344 g/mol. The van der Waals surface area contributed by atoms with Crippen LogP contribution in [0, 0.1) is 5.92 Å². The molecule has 0 N–H and O–H groups in total. The van der Waals surface area contributed by atoms with Gasteiger partial charge in [-0.15, -0.1) is 0 Å². The van der Waals surface area contributed by atoms with E-state index in [-0.39, 0.29) is 17.6 Å².